The van der Waals surface area contributed by atoms with Crippen molar-refractivity contribution in [3.8, 4) is 0 Å². The number of aryl methyl sites for hydroxylation is 1. The van der Waals surface area contributed by atoms with E-state index in [1.165, 1.54) is 5.56 Å². The van der Waals surface area contributed by atoms with Gasteiger partial charge >= 0.3 is 0 Å². The van der Waals surface area contributed by atoms with Crippen molar-refractivity contribution >= 4 is 27.5 Å². The van der Waals surface area contributed by atoms with Crippen LogP contribution in [0.15, 0.2) is 10.7 Å². The second-order valence-corrected chi connectivity index (χ2v) is 6.37. The summed E-state index contributed by atoms with van der Waals surface area (Å²) in [6, 6.07) is 0. The minimum absolute atomic E-state index is 0.172. The average molecular weight is 317 g/mol. The Kier molecular flexibility index (Phi) is 2.77. The van der Waals surface area contributed by atoms with Crippen LogP contribution in [0, 0.1) is 6.92 Å². The van der Waals surface area contributed by atoms with Crippen LogP contribution in [0.4, 0.5) is 0 Å². The topological polar surface area (TPSA) is 25.4 Å². The number of nitrogens with zero attached hydrogens (tertiary/aromatic N) is 1. The van der Waals surface area contributed by atoms with Crippen LogP contribution < -0.4 is 0 Å². The number of pyridine rings is 1. The van der Waals surface area contributed by atoms with Gasteiger partial charge in [-0.3, -0.25) is 4.98 Å². The summed E-state index contributed by atoms with van der Waals surface area (Å²) in [7, 11) is 0. The highest BCUT2D eigenvalue weighted by Crippen LogP contribution is 2.55. The van der Waals surface area contributed by atoms with E-state index >= 15 is 0 Å². The third-order valence-electron chi connectivity index (χ3n) is 4.24. The van der Waals surface area contributed by atoms with Crippen LogP contribution in [0.25, 0.3) is 0 Å². The highest BCUT2D eigenvalue weighted by Gasteiger charge is 2.56. The van der Waals surface area contributed by atoms with Crippen LogP contribution in [0.5, 0.6) is 0 Å². The summed E-state index contributed by atoms with van der Waals surface area (Å²) in [6.45, 7) is 4.29. The molecule has 1 aromatic rings. The lowest BCUT2D eigenvalue weighted by molar-refractivity contribution is 0.235. The fourth-order valence-electron chi connectivity index (χ4n) is 3.23. The number of rotatable bonds is 2. The summed E-state index contributed by atoms with van der Waals surface area (Å²) in [5, 5.41) is 0.834. The van der Waals surface area contributed by atoms with Gasteiger partial charge in [-0.05, 0) is 47.7 Å². The zero-order valence-corrected chi connectivity index (χ0v) is 12.3. The number of hydrogen-bond acceptors (Lipinski definition) is 2. The van der Waals surface area contributed by atoms with Gasteiger partial charge in [0.2, 0.25) is 0 Å². The SMILES string of the molecule is CCC1(c2c(C)ncc(Br)c2Cl)CC2OC2C1. The number of fused-ring (bicyclic) bond motifs is 1. The van der Waals surface area contributed by atoms with E-state index in [1.54, 1.807) is 6.20 Å². The van der Waals surface area contributed by atoms with Crippen LogP contribution in [-0.2, 0) is 10.2 Å². The lowest BCUT2D eigenvalue weighted by Crippen LogP contribution is -2.26. The lowest BCUT2D eigenvalue weighted by atomic mass is 9.75. The van der Waals surface area contributed by atoms with Crippen molar-refractivity contribution in [3.63, 3.8) is 0 Å². The Hall–Kier alpha value is -0.120. The fraction of sp³-hybridized carbons (Fsp3) is 0.615. The molecule has 1 aliphatic heterocycles. The normalized spacial score (nSPS) is 34.8. The van der Waals surface area contributed by atoms with Crippen molar-refractivity contribution in [1.82, 2.24) is 4.98 Å². The molecule has 1 aliphatic carbocycles. The largest absolute Gasteiger partial charge is 0.370 e. The van der Waals surface area contributed by atoms with Gasteiger partial charge in [0.05, 0.1) is 21.7 Å². The molecule has 2 heterocycles. The summed E-state index contributed by atoms with van der Waals surface area (Å²) in [6.07, 6.45) is 5.99. The van der Waals surface area contributed by atoms with E-state index in [2.05, 4.69) is 34.8 Å². The predicted molar refractivity (Wildman–Crippen MR) is 71.5 cm³/mol. The summed E-state index contributed by atoms with van der Waals surface area (Å²) in [5.41, 5.74) is 2.46. The maximum atomic E-state index is 6.48. The Labute approximate surface area is 115 Å². The summed E-state index contributed by atoms with van der Waals surface area (Å²) < 4.78 is 6.46. The first-order valence-corrected chi connectivity index (χ1v) is 7.21. The smallest absolute Gasteiger partial charge is 0.0850 e. The first-order chi connectivity index (χ1) is 8.07. The fourth-order valence-corrected chi connectivity index (χ4v) is 3.92. The molecule has 2 unspecified atom stereocenters. The molecular weight excluding hydrogens is 302 g/mol. The Morgan fingerprint density at radius 1 is 1.53 bits per heavy atom. The van der Waals surface area contributed by atoms with Gasteiger partial charge in [0, 0.05) is 17.3 Å². The molecule has 17 heavy (non-hydrogen) atoms. The van der Waals surface area contributed by atoms with Gasteiger partial charge in [0.15, 0.2) is 0 Å². The van der Waals surface area contributed by atoms with Gasteiger partial charge in [-0.25, -0.2) is 0 Å². The number of hydrogen-bond donors (Lipinski definition) is 0. The quantitative estimate of drug-likeness (QED) is 0.770. The molecule has 1 saturated carbocycles. The van der Waals surface area contributed by atoms with E-state index in [0.29, 0.717) is 12.2 Å². The van der Waals surface area contributed by atoms with E-state index in [1.807, 2.05) is 0 Å². The lowest BCUT2D eigenvalue weighted by Gasteiger charge is -2.32. The number of ether oxygens (including phenoxy) is 1. The van der Waals surface area contributed by atoms with Gasteiger partial charge in [0.25, 0.3) is 0 Å². The molecule has 1 aromatic heterocycles. The molecule has 2 atom stereocenters. The number of halogens is 2. The molecule has 0 N–H and O–H groups in total. The van der Waals surface area contributed by atoms with E-state index in [-0.39, 0.29) is 5.41 Å². The Morgan fingerprint density at radius 2 is 2.18 bits per heavy atom. The van der Waals surface area contributed by atoms with Crippen molar-refractivity contribution in [2.75, 3.05) is 0 Å². The molecule has 4 heteroatoms. The Bertz CT molecular complexity index is 467. The molecule has 92 valence electrons. The third-order valence-corrected chi connectivity index (χ3v) is 5.46. The van der Waals surface area contributed by atoms with Crippen molar-refractivity contribution < 1.29 is 4.74 Å². The van der Waals surface area contributed by atoms with Gasteiger partial charge < -0.3 is 4.74 Å². The zero-order valence-electron chi connectivity index (χ0n) is 9.96. The van der Waals surface area contributed by atoms with Crippen LogP contribution in [0.3, 0.4) is 0 Å². The highest BCUT2D eigenvalue weighted by atomic mass is 79.9. The van der Waals surface area contributed by atoms with Gasteiger partial charge in [-0.2, -0.15) is 0 Å². The van der Waals surface area contributed by atoms with E-state index in [9.17, 15) is 0 Å². The predicted octanol–water partition coefficient (Wildman–Crippen LogP) is 4.01. The minimum Gasteiger partial charge on any atom is -0.370 e. The van der Waals surface area contributed by atoms with Crippen LogP contribution in [-0.4, -0.2) is 17.2 Å². The van der Waals surface area contributed by atoms with Gasteiger partial charge in [-0.15, -0.1) is 0 Å². The molecule has 2 nitrogen and oxygen atoms in total. The highest BCUT2D eigenvalue weighted by molar-refractivity contribution is 9.10. The molecular formula is C13H15BrClNO. The maximum Gasteiger partial charge on any atom is 0.0850 e. The number of aromatic nitrogens is 1. The summed E-state index contributed by atoms with van der Waals surface area (Å²) >= 11 is 9.96. The summed E-state index contributed by atoms with van der Waals surface area (Å²) in [4.78, 5) is 4.44. The third kappa shape index (κ3) is 1.74. The maximum absolute atomic E-state index is 6.48. The summed E-state index contributed by atoms with van der Waals surface area (Å²) in [5.74, 6) is 0. The molecule has 0 radical (unpaired) electrons. The molecule has 3 rings (SSSR count). The van der Waals surface area contributed by atoms with Crippen molar-refractivity contribution in [3.05, 3.63) is 26.9 Å². The van der Waals surface area contributed by atoms with E-state index in [0.717, 1.165) is 34.5 Å². The molecule has 0 amide bonds. The zero-order chi connectivity index (χ0) is 12.2. The minimum atomic E-state index is 0.172. The number of epoxide rings is 1. The van der Waals surface area contributed by atoms with Gasteiger partial charge in [-0.1, -0.05) is 18.5 Å². The second-order valence-electron chi connectivity index (χ2n) is 5.14. The van der Waals surface area contributed by atoms with Crippen LogP contribution in [0.1, 0.15) is 37.4 Å². The molecule has 2 aliphatic rings. The second kappa shape index (κ2) is 3.94. The van der Waals surface area contributed by atoms with Crippen LogP contribution in [0.2, 0.25) is 5.02 Å². The van der Waals surface area contributed by atoms with Crippen molar-refractivity contribution in [1.29, 1.82) is 0 Å². The molecule has 2 fully saturated rings. The van der Waals surface area contributed by atoms with E-state index < -0.39 is 0 Å². The van der Waals surface area contributed by atoms with Crippen molar-refractivity contribution in [2.24, 2.45) is 0 Å². The standard InChI is InChI=1S/C13H15BrClNO/c1-3-13(4-9-10(5-13)17-9)11-7(2)16-6-8(14)12(11)15/h6,9-10H,3-5H2,1-2H3. The monoisotopic (exact) mass is 315 g/mol. The molecule has 1 saturated heterocycles. The Morgan fingerprint density at radius 3 is 2.76 bits per heavy atom. The first-order valence-electron chi connectivity index (χ1n) is 6.04. The molecule has 0 spiro atoms. The first kappa shape index (κ1) is 11.9. The molecule has 0 aromatic carbocycles. The van der Waals surface area contributed by atoms with Crippen molar-refractivity contribution in [2.45, 2.75) is 50.7 Å². The van der Waals surface area contributed by atoms with Gasteiger partial charge in [0.1, 0.15) is 0 Å². The van der Waals surface area contributed by atoms with Crippen LogP contribution >= 0.6 is 27.5 Å². The van der Waals surface area contributed by atoms with E-state index in [4.69, 9.17) is 16.3 Å². The Balaban J connectivity index is 2.10. The average Bonchev–Trinajstić information content (AvgIpc) is 2.93. The molecule has 0 bridgehead atoms.